The lowest BCUT2D eigenvalue weighted by molar-refractivity contribution is 0.210. The van der Waals surface area contributed by atoms with E-state index >= 15 is 0 Å². The molecule has 2 nitrogen and oxygen atoms in total. The summed E-state index contributed by atoms with van der Waals surface area (Å²) in [5, 5.41) is 9.60. The summed E-state index contributed by atoms with van der Waals surface area (Å²) in [6.45, 7) is 6.86. The van der Waals surface area contributed by atoms with E-state index in [-0.39, 0.29) is 17.4 Å². The number of rotatable bonds is 3. The Hall–Kier alpha value is -0.760. The summed E-state index contributed by atoms with van der Waals surface area (Å²) in [5.74, 6) is 3.52. The van der Waals surface area contributed by atoms with Gasteiger partial charge in [0.05, 0.1) is 12.0 Å². The topological polar surface area (TPSA) is 33.4 Å². The maximum absolute atomic E-state index is 9.60. The van der Waals surface area contributed by atoms with Gasteiger partial charge in [-0.1, -0.05) is 20.8 Å². The predicted octanol–water partition coefficient (Wildman–Crippen LogP) is 3.06. The van der Waals surface area contributed by atoms with E-state index in [1.54, 1.807) is 0 Å². The van der Waals surface area contributed by atoms with Crippen molar-refractivity contribution < 1.29 is 9.52 Å². The van der Waals surface area contributed by atoms with E-state index in [9.17, 15) is 5.11 Å². The van der Waals surface area contributed by atoms with Gasteiger partial charge in [-0.25, -0.2) is 0 Å². The Morgan fingerprint density at radius 2 is 2.06 bits per heavy atom. The number of aliphatic hydroxyl groups excluding tert-OH is 1. The van der Waals surface area contributed by atoms with Gasteiger partial charge >= 0.3 is 0 Å². The molecule has 0 radical (unpaired) electrons. The summed E-state index contributed by atoms with van der Waals surface area (Å²) in [7, 11) is 0. The third kappa shape index (κ3) is 1.22. The zero-order valence-electron chi connectivity index (χ0n) is 10.3. The van der Waals surface area contributed by atoms with E-state index in [0.717, 1.165) is 23.9 Å². The van der Waals surface area contributed by atoms with E-state index in [4.69, 9.17) is 4.42 Å². The molecule has 0 spiro atoms. The maximum Gasteiger partial charge on any atom is 0.113 e. The average molecular weight is 220 g/mol. The fourth-order valence-corrected chi connectivity index (χ4v) is 3.01. The van der Waals surface area contributed by atoms with Gasteiger partial charge in [0.1, 0.15) is 11.5 Å². The molecule has 1 heterocycles. The quantitative estimate of drug-likeness (QED) is 0.849. The lowest BCUT2D eigenvalue weighted by Crippen LogP contribution is -2.18. The predicted molar refractivity (Wildman–Crippen MR) is 62.4 cm³/mol. The van der Waals surface area contributed by atoms with E-state index in [1.807, 2.05) is 0 Å². The van der Waals surface area contributed by atoms with Crippen LogP contribution in [0.5, 0.6) is 0 Å². The number of aliphatic hydroxyl groups is 1. The first-order chi connectivity index (χ1) is 7.50. The summed E-state index contributed by atoms with van der Waals surface area (Å²) < 4.78 is 5.97. The third-order valence-corrected chi connectivity index (χ3v) is 4.76. The van der Waals surface area contributed by atoms with Crippen LogP contribution in [0.15, 0.2) is 16.5 Å². The number of hydrogen-bond donors (Lipinski definition) is 1. The summed E-state index contributed by atoms with van der Waals surface area (Å²) in [4.78, 5) is 0. The monoisotopic (exact) mass is 220 g/mol. The van der Waals surface area contributed by atoms with Gasteiger partial charge < -0.3 is 9.52 Å². The van der Waals surface area contributed by atoms with Crippen molar-refractivity contribution >= 4 is 0 Å². The molecule has 3 rings (SSSR count). The largest absolute Gasteiger partial charge is 0.465 e. The Labute approximate surface area is 96.7 Å². The minimum Gasteiger partial charge on any atom is -0.465 e. The maximum atomic E-state index is 9.60. The van der Waals surface area contributed by atoms with Gasteiger partial charge in [0.2, 0.25) is 0 Å². The first-order valence-corrected chi connectivity index (χ1v) is 6.21. The average Bonchev–Trinajstić information content (AvgIpc) is 3.00. The zero-order chi connectivity index (χ0) is 11.6. The van der Waals surface area contributed by atoms with Crippen LogP contribution in [0.2, 0.25) is 0 Å². The molecule has 0 amide bonds. The van der Waals surface area contributed by atoms with Crippen molar-refractivity contribution in [2.75, 3.05) is 6.61 Å². The smallest absolute Gasteiger partial charge is 0.113 e. The van der Waals surface area contributed by atoms with Gasteiger partial charge in [-0.2, -0.15) is 0 Å². The summed E-state index contributed by atoms with van der Waals surface area (Å²) in [6.07, 6.45) is 2.28. The van der Waals surface area contributed by atoms with Crippen molar-refractivity contribution in [1.29, 1.82) is 0 Å². The normalized spacial score (nSPS) is 39.8. The van der Waals surface area contributed by atoms with Crippen molar-refractivity contribution in [2.45, 2.75) is 44.9 Å². The van der Waals surface area contributed by atoms with Gasteiger partial charge in [0.25, 0.3) is 0 Å². The highest BCUT2D eigenvalue weighted by atomic mass is 16.3. The van der Waals surface area contributed by atoms with Crippen LogP contribution in [-0.2, 0) is 5.41 Å². The molecule has 2 aliphatic rings. The van der Waals surface area contributed by atoms with E-state index in [0.29, 0.717) is 5.92 Å². The molecule has 2 heteroatoms. The van der Waals surface area contributed by atoms with E-state index in [2.05, 4.69) is 32.9 Å². The van der Waals surface area contributed by atoms with Crippen molar-refractivity contribution in [2.24, 2.45) is 11.3 Å². The SMILES string of the molecule is CC1CC1c1ccc(C2(CO)CC2(C)C)o1. The van der Waals surface area contributed by atoms with E-state index < -0.39 is 0 Å². The van der Waals surface area contributed by atoms with Gasteiger partial charge in [-0.15, -0.1) is 0 Å². The van der Waals surface area contributed by atoms with Crippen LogP contribution in [0.4, 0.5) is 0 Å². The zero-order valence-corrected chi connectivity index (χ0v) is 10.3. The van der Waals surface area contributed by atoms with E-state index in [1.165, 1.54) is 6.42 Å². The van der Waals surface area contributed by atoms with Crippen LogP contribution >= 0.6 is 0 Å². The fraction of sp³-hybridized carbons (Fsp3) is 0.714. The van der Waals surface area contributed by atoms with Gasteiger partial charge in [-0.05, 0) is 36.3 Å². The van der Waals surface area contributed by atoms with Gasteiger partial charge in [0, 0.05) is 5.92 Å². The molecular weight excluding hydrogens is 200 g/mol. The minimum absolute atomic E-state index is 0.108. The molecular formula is C14H20O2. The van der Waals surface area contributed by atoms with Crippen LogP contribution in [0, 0.1) is 11.3 Å². The Balaban J connectivity index is 1.88. The fourth-order valence-electron chi connectivity index (χ4n) is 3.01. The molecule has 0 saturated heterocycles. The highest BCUT2D eigenvalue weighted by Crippen LogP contribution is 2.64. The standard InChI is InChI=1S/C14H20O2/c1-9-6-10(9)11-4-5-12(16-11)14(8-15)7-13(14,2)3/h4-5,9-10,15H,6-8H2,1-3H3. The Kier molecular flexibility index (Phi) is 1.90. The van der Waals surface area contributed by atoms with Crippen molar-refractivity contribution in [3.63, 3.8) is 0 Å². The van der Waals surface area contributed by atoms with Crippen LogP contribution in [0.25, 0.3) is 0 Å². The van der Waals surface area contributed by atoms with Gasteiger partial charge in [0.15, 0.2) is 0 Å². The molecule has 0 aromatic carbocycles. The number of furan rings is 1. The summed E-state index contributed by atoms with van der Waals surface area (Å²) in [6, 6.07) is 4.18. The lowest BCUT2D eigenvalue weighted by Gasteiger charge is -2.14. The molecule has 3 unspecified atom stereocenters. The third-order valence-electron chi connectivity index (χ3n) is 4.76. The first kappa shape index (κ1) is 10.4. The lowest BCUT2D eigenvalue weighted by atomic mass is 9.94. The summed E-state index contributed by atoms with van der Waals surface area (Å²) >= 11 is 0. The van der Waals surface area contributed by atoms with Crippen molar-refractivity contribution in [3.8, 4) is 0 Å². The van der Waals surface area contributed by atoms with Crippen LogP contribution in [0.3, 0.4) is 0 Å². The Morgan fingerprint density at radius 1 is 1.44 bits per heavy atom. The Morgan fingerprint density at radius 3 is 2.50 bits per heavy atom. The number of hydrogen-bond acceptors (Lipinski definition) is 2. The second-order valence-electron chi connectivity index (χ2n) is 6.32. The second kappa shape index (κ2) is 2.92. The van der Waals surface area contributed by atoms with Crippen LogP contribution < -0.4 is 0 Å². The first-order valence-electron chi connectivity index (χ1n) is 6.21. The molecule has 0 aliphatic heterocycles. The highest BCUT2D eigenvalue weighted by molar-refractivity contribution is 5.32. The van der Waals surface area contributed by atoms with Crippen LogP contribution in [-0.4, -0.2) is 11.7 Å². The molecule has 2 fully saturated rings. The highest BCUT2D eigenvalue weighted by Gasteiger charge is 2.63. The molecule has 3 atom stereocenters. The molecule has 1 N–H and O–H groups in total. The molecule has 2 aliphatic carbocycles. The molecule has 1 aromatic heterocycles. The van der Waals surface area contributed by atoms with Crippen molar-refractivity contribution in [3.05, 3.63) is 23.7 Å². The van der Waals surface area contributed by atoms with Crippen LogP contribution in [0.1, 0.15) is 51.1 Å². The van der Waals surface area contributed by atoms with Gasteiger partial charge in [-0.3, -0.25) is 0 Å². The second-order valence-corrected chi connectivity index (χ2v) is 6.32. The Bertz CT molecular complexity index is 418. The molecule has 16 heavy (non-hydrogen) atoms. The molecule has 1 aromatic rings. The minimum atomic E-state index is -0.108. The molecule has 88 valence electrons. The van der Waals surface area contributed by atoms with Crippen molar-refractivity contribution in [1.82, 2.24) is 0 Å². The molecule has 2 saturated carbocycles. The summed E-state index contributed by atoms with van der Waals surface area (Å²) in [5.41, 5.74) is 0.0788. The molecule has 0 bridgehead atoms.